The zero-order valence-electron chi connectivity index (χ0n) is 8.01. The lowest BCUT2D eigenvalue weighted by atomic mass is 10.3. The number of aromatic amines is 1. The molecule has 0 aliphatic rings. The third-order valence-electron chi connectivity index (χ3n) is 1.52. The standard InChI is InChI=1S/C9H15ClN2S/c1-7(2)5-13-6-9-11-4-8(3-10)12-9/h4,7H,3,5-6H2,1-2H3,(H,11,12). The molecule has 0 aromatic carbocycles. The Morgan fingerprint density at radius 1 is 1.62 bits per heavy atom. The Bertz CT molecular complexity index is 248. The second-order valence-electron chi connectivity index (χ2n) is 3.40. The summed E-state index contributed by atoms with van der Waals surface area (Å²) in [5, 5.41) is 0. The molecule has 2 nitrogen and oxygen atoms in total. The lowest BCUT2D eigenvalue weighted by molar-refractivity contribution is 0.750. The maximum Gasteiger partial charge on any atom is 0.116 e. The van der Waals surface area contributed by atoms with Crippen LogP contribution in [0.25, 0.3) is 0 Å². The summed E-state index contributed by atoms with van der Waals surface area (Å²) in [6.07, 6.45) is 1.80. The first-order valence-electron chi connectivity index (χ1n) is 4.39. The molecule has 74 valence electrons. The molecule has 0 saturated heterocycles. The molecule has 1 heterocycles. The molecule has 4 heteroatoms. The van der Waals surface area contributed by atoms with E-state index in [1.54, 1.807) is 6.20 Å². The predicted molar refractivity (Wildman–Crippen MR) is 59.1 cm³/mol. The van der Waals surface area contributed by atoms with Crippen molar-refractivity contribution in [1.82, 2.24) is 9.97 Å². The van der Waals surface area contributed by atoms with Crippen LogP contribution in [0.3, 0.4) is 0 Å². The van der Waals surface area contributed by atoms with Gasteiger partial charge in [0.05, 0.1) is 11.6 Å². The fraction of sp³-hybridized carbons (Fsp3) is 0.667. The van der Waals surface area contributed by atoms with Gasteiger partial charge in [-0.15, -0.1) is 11.6 Å². The minimum absolute atomic E-state index is 0.516. The third-order valence-corrected chi connectivity index (χ3v) is 3.18. The van der Waals surface area contributed by atoms with E-state index < -0.39 is 0 Å². The summed E-state index contributed by atoms with van der Waals surface area (Å²) in [5.41, 5.74) is 1.00. The van der Waals surface area contributed by atoms with Gasteiger partial charge in [-0.1, -0.05) is 13.8 Å². The quantitative estimate of drug-likeness (QED) is 0.770. The highest BCUT2D eigenvalue weighted by atomic mass is 35.5. The first kappa shape index (κ1) is 10.9. The molecule has 0 spiro atoms. The van der Waals surface area contributed by atoms with E-state index in [4.69, 9.17) is 11.6 Å². The Hall–Kier alpha value is -0.150. The number of halogens is 1. The molecule has 0 unspecified atom stereocenters. The molecule has 1 aromatic rings. The number of nitrogens with zero attached hydrogens (tertiary/aromatic N) is 1. The highest BCUT2D eigenvalue weighted by molar-refractivity contribution is 7.98. The molecule has 0 saturated carbocycles. The molecule has 13 heavy (non-hydrogen) atoms. The molecule has 0 aliphatic heterocycles. The van der Waals surface area contributed by atoms with Crippen molar-refractivity contribution in [3.05, 3.63) is 17.7 Å². The number of alkyl halides is 1. The van der Waals surface area contributed by atoms with E-state index >= 15 is 0 Å². The molecule has 1 N–H and O–H groups in total. The SMILES string of the molecule is CC(C)CSCc1ncc(CCl)[nH]1. The Morgan fingerprint density at radius 3 is 2.92 bits per heavy atom. The Kier molecular flexibility index (Phi) is 4.67. The van der Waals surface area contributed by atoms with Gasteiger partial charge in [0.25, 0.3) is 0 Å². The van der Waals surface area contributed by atoms with Gasteiger partial charge < -0.3 is 4.98 Å². The topological polar surface area (TPSA) is 28.7 Å². The van der Waals surface area contributed by atoms with Crippen LogP contribution < -0.4 is 0 Å². The monoisotopic (exact) mass is 218 g/mol. The van der Waals surface area contributed by atoms with Crippen LogP contribution in [0, 0.1) is 5.92 Å². The zero-order chi connectivity index (χ0) is 9.68. The number of nitrogens with one attached hydrogen (secondary N) is 1. The highest BCUT2D eigenvalue weighted by Crippen LogP contribution is 2.13. The van der Waals surface area contributed by atoms with Gasteiger partial charge in [0.2, 0.25) is 0 Å². The molecular weight excluding hydrogens is 204 g/mol. The van der Waals surface area contributed by atoms with E-state index in [1.165, 1.54) is 5.75 Å². The largest absolute Gasteiger partial charge is 0.344 e. The van der Waals surface area contributed by atoms with Crippen molar-refractivity contribution in [2.45, 2.75) is 25.5 Å². The Labute approximate surface area is 88.5 Å². The molecule has 0 atom stereocenters. The van der Waals surface area contributed by atoms with Crippen LogP contribution in [0.1, 0.15) is 25.4 Å². The summed E-state index contributed by atoms with van der Waals surface area (Å²) in [5.74, 6) is 4.42. The van der Waals surface area contributed by atoms with Crippen molar-refractivity contribution in [2.24, 2.45) is 5.92 Å². The van der Waals surface area contributed by atoms with Gasteiger partial charge in [-0.3, -0.25) is 0 Å². The van der Waals surface area contributed by atoms with Gasteiger partial charge in [0.1, 0.15) is 5.82 Å². The van der Waals surface area contributed by atoms with Crippen LogP contribution in [0.15, 0.2) is 6.20 Å². The van der Waals surface area contributed by atoms with Crippen LogP contribution in [-0.4, -0.2) is 15.7 Å². The van der Waals surface area contributed by atoms with Gasteiger partial charge in [-0.25, -0.2) is 4.98 Å². The number of imidazole rings is 1. The Balaban J connectivity index is 2.28. The van der Waals surface area contributed by atoms with Crippen LogP contribution >= 0.6 is 23.4 Å². The smallest absolute Gasteiger partial charge is 0.116 e. The summed E-state index contributed by atoms with van der Waals surface area (Å²) in [7, 11) is 0. The summed E-state index contributed by atoms with van der Waals surface area (Å²) in [6, 6.07) is 0. The zero-order valence-corrected chi connectivity index (χ0v) is 9.58. The maximum absolute atomic E-state index is 5.65. The predicted octanol–water partition coefficient (Wildman–Crippen LogP) is 3.04. The summed E-state index contributed by atoms with van der Waals surface area (Å²) in [4.78, 5) is 7.40. The maximum atomic E-state index is 5.65. The molecule has 1 rings (SSSR count). The average Bonchev–Trinajstić information content (AvgIpc) is 2.52. The van der Waals surface area contributed by atoms with E-state index in [-0.39, 0.29) is 0 Å². The second-order valence-corrected chi connectivity index (χ2v) is 4.70. The third kappa shape index (κ3) is 4.05. The number of rotatable bonds is 5. The van der Waals surface area contributed by atoms with Crippen LogP contribution in [-0.2, 0) is 11.6 Å². The minimum atomic E-state index is 0.516. The summed E-state index contributed by atoms with van der Waals surface area (Å²) in [6.45, 7) is 4.44. The summed E-state index contributed by atoms with van der Waals surface area (Å²) >= 11 is 7.55. The molecule has 0 aliphatic carbocycles. The van der Waals surface area contributed by atoms with Crippen molar-refractivity contribution >= 4 is 23.4 Å². The number of aromatic nitrogens is 2. The van der Waals surface area contributed by atoms with E-state index in [2.05, 4.69) is 23.8 Å². The van der Waals surface area contributed by atoms with E-state index in [0.717, 1.165) is 23.2 Å². The molecule has 0 amide bonds. The van der Waals surface area contributed by atoms with Gasteiger partial charge in [-0.05, 0) is 11.7 Å². The first-order chi connectivity index (χ1) is 6.22. The van der Waals surface area contributed by atoms with Crippen molar-refractivity contribution in [3.63, 3.8) is 0 Å². The number of H-pyrrole nitrogens is 1. The Morgan fingerprint density at radius 2 is 2.38 bits per heavy atom. The van der Waals surface area contributed by atoms with Gasteiger partial charge >= 0.3 is 0 Å². The van der Waals surface area contributed by atoms with Gasteiger partial charge in [0, 0.05) is 11.9 Å². The molecule has 0 radical (unpaired) electrons. The lowest BCUT2D eigenvalue weighted by Gasteiger charge is -2.01. The van der Waals surface area contributed by atoms with E-state index in [1.807, 2.05) is 11.8 Å². The van der Waals surface area contributed by atoms with E-state index in [0.29, 0.717) is 5.88 Å². The molecular formula is C9H15ClN2S. The van der Waals surface area contributed by atoms with E-state index in [9.17, 15) is 0 Å². The summed E-state index contributed by atoms with van der Waals surface area (Å²) < 4.78 is 0. The van der Waals surface area contributed by atoms with Crippen molar-refractivity contribution in [1.29, 1.82) is 0 Å². The van der Waals surface area contributed by atoms with Crippen LogP contribution in [0.2, 0.25) is 0 Å². The normalized spacial score (nSPS) is 11.1. The van der Waals surface area contributed by atoms with Crippen molar-refractivity contribution < 1.29 is 0 Å². The number of hydrogen-bond acceptors (Lipinski definition) is 2. The number of thioether (sulfide) groups is 1. The molecule has 0 fully saturated rings. The molecule has 0 bridgehead atoms. The van der Waals surface area contributed by atoms with Gasteiger partial charge in [0.15, 0.2) is 0 Å². The average molecular weight is 219 g/mol. The molecule has 1 aromatic heterocycles. The van der Waals surface area contributed by atoms with Crippen molar-refractivity contribution in [3.8, 4) is 0 Å². The lowest BCUT2D eigenvalue weighted by Crippen LogP contribution is -1.92. The van der Waals surface area contributed by atoms with Crippen molar-refractivity contribution in [2.75, 3.05) is 5.75 Å². The van der Waals surface area contributed by atoms with Crippen LogP contribution in [0.5, 0.6) is 0 Å². The first-order valence-corrected chi connectivity index (χ1v) is 6.07. The van der Waals surface area contributed by atoms with Crippen LogP contribution in [0.4, 0.5) is 0 Å². The fourth-order valence-electron chi connectivity index (χ4n) is 0.938. The minimum Gasteiger partial charge on any atom is -0.344 e. The fourth-order valence-corrected chi connectivity index (χ4v) is 2.00. The second kappa shape index (κ2) is 5.55. The van der Waals surface area contributed by atoms with Gasteiger partial charge in [-0.2, -0.15) is 11.8 Å². The highest BCUT2D eigenvalue weighted by Gasteiger charge is 2.00. The number of hydrogen-bond donors (Lipinski definition) is 1.